The third-order valence-corrected chi connectivity index (χ3v) is 4.67. The number of allylic oxidation sites excluding steroid dienone is 2. The molecule has 0 heterocycles. The summed E-state index contributed by atoms with van der Waals surface area (Å²) < 4.78 is 0. The molecular weight excluding hydrogens is 208 g/mol. The molecule has 0 radical (unpaired) electrons. The zero-order valence-corrected chi connectivity index (χ0v) is 10.9. The van der Waals surface area contributed by atoms with Crippen LogP contribution in [0.2, 0.25) is 0 Å². The SMILES string of the molecule is CCCC1=CC(C2CC2)C(C2CC2)C=C1CO. The Balaban J connectivity index is 1.83. The molecule has 94 valence electrons. The number of hydrogen-bond donors (Lipinski definition) is 1. The van der Waals surface area contributed by atoms with Gasteiger partial charge in [0.25, 0.3) is 0 Å². The highest BCUT2D eigenvalue weighted by Crippen LogP contribution is 2.52. The summed E-state index contributed by atoms with van der Waals surface area (Å²) in [4.78, 5) is 0. The van der Waals surface area contributed by atoms with Crippen LogP contribution in [-0.4, -0.2) is 11.7 Å². The highest BCUT2D eigenvalue weighted by Gasteiger charge is 2.43. The molecule has 0 aromatic rings. The average molecular weight is 232 g/mol. The lowest BCUT2D eigenvalue weighted by atomic mass is 9.76. The fourth-order valence-electron chi connectivity index (χ4n) is 3.43. The van der Waals surface area contributed by atoms with Gasteiger partial charge in [0.05, 0.1) is 6.61 Å². The zero-order chi connectivity index (χ0) is 11.8. The summed E-state index contributed by atoms with van der Waals surface area (Å²) in [5.41, 5.74) is 2.68. The highest BCUT2D eigenvalue weighted by molar-refractivity contribution is 5.37. The molecule has 2 unspecified atom stereocenters. The lowest BCUT2D eigenvalue weighted by molar-refractivity contribution is 0.319. The Kier molecular flexibility index (Phi) is 3.12. The van der Waals surface area contributed by atoms with E-state index in [0.29, 0.717) is 0 Å². The largest absolute Gasteiger partial charge is 0.392 e. The highest BCUT2D eigenvalue weighted by atomic mass is 16.3. The number of rotatable bonds is 5. The third kappa shape index (κ3) is 2.35. The Bertz CT molecular complexity index is 345. The molecule has 3 aliphatic carbocycles. The Morgan fingerprint density at radius 1 is 1.00 bits per heavy atom. The molecule has 1 nitrogen and oxygen atoms in total. The van der Waals surface area contributed by atoms with Gasteiger partial charge in [-0.25, -0.2) is 0 Å². The minimum absolute atomic E-state index is 0.242. The van der Waals surface area contributed by atoms with E-state index in [2.05, 4.69) is 19.1 Å². The standard InChI is InChI=1S/C16H24O/c1-2-3-13-8-15(11-4-5-11)16(12-6-7-12)9-14(13)10-17/h8-9,11-12,15-17H,2-7,10H2,1H3. The fraction of sp³-hybridized carbons (Fsp3) is 0.750. The topological polar surface area (TPSA) is 20.2 Å². The van der Waals surface area contributed by atoms with E-state index < -0.39 is 0 Å². The van der Waals surface area contributed by atoms with E-state index in [1.165, 1.54) is 43.3 Å². The number of aliphatic hydroxyl groups is 1. The van der Waals surface area contributed by atoms with Gasteiger partial charge in [0.2, 0.25) is 0 Å². The van der Waals surface area contributed by atoms with E-state index in [0.717, 1.165) is 30.1 Å². The molecule has 0 aliphatic heterocycles. The molecule has 0 aromatic heterocycles. The lowest BCUT2D eigenvalue weighted by Gasteiger charge is -2.29. The lowest BCUT2D eigenvalue weighted by Crippen LogP contribution is -2.21. The van der Waals surface area contributed by atoms with Crippen molar-refractivity contribution < 1.29 is 5.11 Å². The van der Waals surface area contributed by atoms with Crippen molar-refractivity contribution in [2.45, 2.75) is 45.4 Å². The van der Waals surface area contributed by atoms with Gasteiger partial charge in [0, 0.05) is 0 Å². The van der Waals surface area contributed by atoms with E-state index in [4.69, 9.17) is 0 Å². The van der Waals surface area contributed by atoms with Gasteiger partial charge >= 0.3 is 0 Å². The monoisotopic (exact) mass is 232 g/mol. The van der Waals surface area contributed by atoms with Gasteiger partial charge in [-0.15, -0.1) is 0 Å². The molecule has 0 spiro atoms. The molecule has 2 atom stereocenters. The quantitative estimate of drug-likeness (QED) is 0.766. The first kappa shape index (κ1) is 11.5. The van der Waals surface area contributed by atoms with E-state index in [9.17, 15) is 5.11 Å². The number of hydrogen-bond acceptors (Lipinski definition) is 1. The van der Waals surface area contributed by atoms with Gasteiger partial charge in [-0.2, -0.15) is 0 Å². The van der Waals surface area contributed by atoms with Crippen molar-refractivity contribution in [1.29, 1.82) is 0 Å². The summed E-state index contributed by atoms with van der Waals surface area (Å²) in [5, 5.41) is 9.54. The molecule has 0 aromatic carbocycles. The van der Waals surface area contributed by atoms with Crippen molar-refractivity contribution in [2.75, 3.05) is 6.61 Å². The second-order valence-corrected chi connectivity index (χ2v) is 6.12. The molecule has 0 amide bonds. The van der Waals surface area contributed by atoms with Crippen molar-refractivity contribution in [1.82, 2.24) is 0 Å². The molecule has 1 heteroatoms. The van der Waals surface area contributed by atoms with E-state index in [-0.39, 0.29) is 6.61 Å². The Morgan fingerprint density at radius 3 is 1.94 bits per heavy atom. The maximum Gasteiger partial charge on any atom is 0.0681 e. The molecule has 1 N–H and O–H groups in total. The van der Waals surface area contributed by atoms with Crippen LogP contribution in [0.5, 0.6) is 0 Å². The van der Waals surface area contributed by atoms with Crippen molar-refractivity contribution in [3.05, 3.63) is 23.3 Å². The van der Waals surface area contributed by atoms with Crippen LogP contribution >= 0.6 is 0 Å². The molecule has 0 saturated heterocycles. The Hall–Kier alpha value is -0.560. The minimum Gasteiger partial charge on any atom is -0.392 e. The Morgan fingerprint density at radius 2 is 1.53 bits per heavy atom. The van der Waals surface area contributed by atoms with Crippen molar-refractivity contribution in [2.24, 2.45) is 23.7 Å². The van der Waals surface area contributed by atoms with Crippen LogP contribution in [0, 0.1) is 23.7 Å². The predicted molar refractivity (Wildman–Crippen MR) is 70.6 cm³/mol. The first-order valence-electron chi connectivity index (χ1n) is 7.36. The van der Waals surface area contributed by atoms with E-state index in [1.54, 1.807) is 0 Å². The van der Waals surface area contributed by atoms with Crippen molar-refractivity contribution in [3.63, 3.8) is 0 Å². The fourth-order valence-corrected chi connectivity index (χ4v) is 3.43. The van der Waals surface area contributed by atoms with Gasteiger partial charge in [0.15, 0.2) is 0 Å². The summed E-state index contributed by atoms with van der Waals surface area (Å²) in [7, 11) is 0. The van der Waals surface area contributed by atoms with Gasteiger partial charge in [0.1, 0.15) is 0 Å². The molecular formula is C16H24O. The van der Waals surface area contributed by atoms with Crippen molar-refractivity contribution >= 4 is 0 Å². The summed E-state index contributed by atoms with van der Waals surface area (Å²) in [6.07, 6.45) is 13.0. The molecule has 17 heavy (non-hydrogen) atoms. The van der Waals surface area contributed by atoms with Crippen LogP contribution in [0.3, 0.4) is 0 Å². The van der Waals surface area contributed by atoms with Gasteiger partial charge in [-0.1, -0.05) is 25.5 Å². The van der Waals surface area contributed by atoms with Crippen LogP contribution in [0.4, 0.5) is 0 Å². The predicted octanol–water partition coefficient (Wildman–Crippen LogP) is 3.70. The second-order valence-electron chi connectivity index (χ2n) is 6.12. The first-order valence-corrected chi connectivity index (χ1v) is 7.36. The maximum atomic E-state index is 9.54. The molecule has 3 rings (SSSR count). The normalized spacial score (nSPS) is 33.3. The molecule has 3 aliphatic rings. The van der Waals surface area contributed by atoms with Crippen LogP contribution in [0.1, 0.15) is 45.4 Å². The third-order valence-electron chi connectivity index (χ3n) is 4.67. The van der Waals surface area contributed by atoms with Crippen LogP contribution in [0.15, 0.2) is 23.3 Å². The van der Waals surface area contributed by atoms with Gasteiger partial charge in [-0.05, 0) is 66.9 Å². The Labute approximate surface area is 105 Å². The van der Waals surface area contributed by atoms with Gasteiger partial charge in [-0.3, -0.25) is 0 Å². The van der Waals surface area contributed by atoms with E-state index in [1.807, 2.05) is 0 Å². The summed E-state index contributed by atoms with van der Waals surface area (Å²) in [6, 6.07) is 0. The zero-order valence-electron chi connectivity index (χ0n) is 10.9. The van der Waals surface area contributed by atoms with E-state index >= 15 is 0 Å². The van der Waals surface area contributed by atoms with Gasteiger partial charge < -0.3 is 5.11 Å². The van der Waals surface area contributed by atoms with Crippen molar-refractivity contribution in [3.8, 4) is 0 Å². The minimum atomic E-state index is 0.242. The first-order chi connectivity index (χ1) is 8.33. The summed E-state index contributed by atoms with van der Waals surface area (Å²) >= 11 is 0. The summed E-state index contributed by atoms with van der Waals surface area (Å²) in [5.74, 6) is 3.45. The number of aliphatic hydroxyl groups excluding tert-OH is 1. The molecule has 2 saturated carbocycles. The average Bonchev–Trinajstić information content (AvgIpc) is 3.18. The van der Waals surface area contributed by atoms with Crippen LogP contribution < -0.4 is 0 Å². The maximum absolute atomic E-state index is 9.54. The van der Waals surface area contributed by atoms with Crippen LogP contribution in [-0.2, 0) is 0 Å². The molecule has 0 bridgehead atoms. The summed E-state index contributed by atoms with van der Waals surface area (Å²) in [6.45, 7) is 2.47. The smallest absolute Gasteiger partial charge is 0.0681 e. The van der Waals surface area contributed by atoms with Crippen LogP contribution in [0.25, 0.3) is 0 Å². The molecule has 2 fully saturated rings. The second kappa shape index (κ2) is 4.61.